The van der Waals surface area contributed by atoms with E-state index in [4.69, 9.17) is 9.29 Å². The topological polar surface area (TPSA) is 159 Å². The number of aromatic nitrogens is 1. The molecular formula is C18H27N5O8S. The lowest BCUT2D eigenvalue weighted by molar-refractivity contribution is -0.130. The molecule has 3 heterocycles. The van der Waals surface area contributed by atoms with Crippen molar-refractivity contribution in [3.63, 3.8) is 0 Å². The summed E-state index contributed by atoms with van der Waals surface area (Å²) in [5, 5.41) is 1.41. The third kappa shape index (κ3) is 7.32. The highest BCUT2D eigenvalue weighted by Gasteiger charge is 2.49. The number of nitrogens with zero attached hydrogens (tertiary/aromatic N) is 4. The van der Waals surface area contributed by atoms with E-state index in [-0.39, 0.29) is 19.4 Å². The molecule has 13 nitrogen and oxygen atoms in total. The lowest BCUT2D eigenvalue weighted by atomic mass is 10.0. The maximum Gasteiger partial charge on any atom is 0.428 e. The number of hydroxylamine groups is 2. The van der Waals surface area contributed by atoms with Gasteiger partial charge in [-0.1, -0.05) is 6.07 Å². The fourth-order valence-corrected chi connectivity index (χ4v) is 3.42. The number of pyridine rings is 1. The Kier molecular flexibility index (Phi) is 7.98. The van der Waals surface area contributed by atoms with E-state index >= 15 is 0 Å². The van der Waals surface area contributed by atoms with Crippen molar-refractivity contribution in [1.82, 2.24) is 25.4 Å². The smallest absolute Gasteiger partial charge is 0.428 e. The second-order valence-corrected chi connectivity index (χ2v) is 9.05. The summed E-state index contributed by atoms with van der Waals surface area (Å²) in [5.41, 5.74) is 1.59. The SMILES string of the molecule is CN(NC(=O)C1CCC2CN1C(=O)N2OS(=O)(=O)O)C(=O)OC(C)(C)C.c1ccncc1. The van der Waals surface area contributed by atoms with Gasteiger partial charge >= 0.3 is 22.5 Å². The number of fused-ring (bicyclic) bond motifs is 2. The number of piperidine rings is 1. The van der Waals surface area contributed by atoms with E-state index in [1.54, 1.807) is 33.2 Å². The van der Waals surface area contributed by atoms with Gasteiger partial charge in [-0.15, -0.1) is 4.28 Å². The first-order chi connectivity index (χ1) is 14.8. The van der Waals surface area contributed by atoms with Gasteiger partial charge in [-0.2, -0.15) is 13.5 Å². The Morgan fingerprint density at radius 1 is 1.22 bits per heavy atom. The fourth-order valence-electron chi connectivity index (χ4n) is 3.03. The van der Waals surface area contributed by atoms with E-state index in [1.165, 1.54) is 7.05 Å². The number of ether oxygens (including phenoxy) is 1. The van der Waals surface area contributed by atoms with Crippen LogP contribution in [0.1, 0.15) is 33.6 Å². The van der Waals surface area contributed by atoms with Crippen LogP contribution in [0.25, 0.3) is 0 Å². The van der Waals surface area contributed by atoms with E-state index < -0.39 is 46.1 Å². The average molecular weight is 474 g/mol. The quantitative estimate of drug-likeness (QED) is 0.482. The molecule has 2 saturated heterocycles. The van der Waals surface area contributed by atoms with Crippen LogP contribution < -0.4 is 5.43 Å². The van der Waals surface area contributed by atoms with E-state index in [1.807, 2.05) is 18.2 Å². The molecule has 2 aliphatic rings. The van der Waals surface area contributed by atoms with Crippen molar-refractivity contribution in [2.24, 2.45) is 0 Å². The summed E-state index contributed by atoms with van der Waals surface area (Å²) >= 11 is 0. The second-order valence-electron chi connectivity index (χ2n) is 8.05. The van der Waals surface area contributed by atoms with Crippen molar-refractivity contribution < 1.29 is 36.4 Å². The number of hydrogen-bond donors (Lipinski definition) is 2. The average Bonchev–Trinajstić information content (AvgIpc) is 2.92. The zero-order chi connectivity index (χ0) is 24.1. The third-order valence-electron chi connectivity index (χ3n) is 4.31. The van der Waals surface area contributed by atoms with Crippen molar-refractivity contribution in [3.8, 4) is 0 Å². The summed E-state index contributed by atoms with van der Waals surface area (Å²) in [6.45, 7) is 5.08. The summed E-state index contributed by atoms with van der Waals surface area (Å²) in [6.07, 6.45) is 3.24. The Morgan fingerprint density at radius 2 is 1.84 bits per heavy atom. The van der Waals surface area contributed by atoms with Gasteiger partial charge in [-0.25, -0.2) is 14.6 Å². The number of nitrogens with one attached hydrogen (secondary N) is 1. The number of rotatable bonds is 3. The van der Waals surface area contributed by atoms with Crippen LogP contribution in [0.3, 0.4) is 0 Å². The number of carbonyl (C=O) groups is 3. The lowest BCUT2D eigenvalue weighted by Crippen LogP contribution is -2.55. The maximum atomic E-state index is 12.4. The molecule has 0 radical (unpaired) electrons. The Bertz CT molecular complexity index is 894. The molecule has 2 N–H and O–H groups in total. The zero-order valence-corrected chi connectivity index (χ0v) is 19.0. The first-order valence-corrected chi connectivity index (χ1v) is 11.0. The molecular weight excluding hydrogens is 446 g/mol. The molecule has 0 aliphatic carbocycles. The molecule has 0 spiro atoms. The van der Waals surface area contributed by atoms with E-state index in [2.05, 4.69) is 14.7 Å². The number of hydrazine groups is 1. The van der Waals surface area contributed by atoms with Crippen LogP contribution in [0.5, 0.6) is 0 Å². The Balaban J connectivity index is 0.000000520. The highest BCUT2D eigenvalue weighted by atomic mass is 32.3. The molecule has 2 bridgehead atoms. The van der Waals surface area contributed by atoms with E-state index in [0.717, 1.165) is 9.91 Å². The lowest BCUT2D eigenvalue weighted by Gasteiger charge is -2.31. The molecule has 1 aromatic rings. The summed E-state index contributed by atoms with van der Waals surface area (Å²) < 4.78 is 39.9. The first kappa shape index (κ1) is 25.3. The largest absolute Gasteiger partial charge is 0.442 e. The second kappa shape index (κ2) is 10.1. The molecule has 1 aromatic heterocycles. The standard InChI is InChI=1S/C13H22N4O8S.C5H5N/c1-13(2,3)24-12(20)15(4)14-10(18)9-6-5-8-7-16(9)11(19)17(8)25-26(21,22)23;1-2-4-6-5-3-1/h8-9H,5-7H2,1-4H3,(H,14,18)(H,21,22,23);1-5H. The molecule has 14 heteroatoms. The molecule has 2 atom stereocenters. The van der Waals surface area contributed by atoms with Crippen molar-refractivity contribution >= 4 is 28.4 Å². The monoisotopic (exact) mass is 473 g/mol. The van der Waals surface area contributed by atoms with Gasteiger partial charge in [0.25, 0.3) is 5.91 Å². The fraction of sp³-hybridized carbons (Fsp3) is 0.556. The third-order valence-corrected chi connectivity index (χ3v) is 4.66. The zero-order valence-electron chi connectivity index (χ0n) is 18.2. The van der Waals surface area contributed by atoms with Crippen LogP contribution >= 0.6 is 0 Å². The van der Waals surface area contributed by atoms with E-state index in [9.17, 15) is 22.8 Å². The minimum atomic E-state index is -4.86. The van der Waals surface area contributed by atoms with Gasteiger partial charge in [-0.3, -0.25) is 19.8 Å². The Morgan fingerprint density at radius 3 is 2.31 bits per heavy atom. The van der Waals surface area contributed by atoms with Crippen LogP contribution in [-0.4, -0.2) is 82.2 Å². The van der Waals surface area contributed by atoms with Crippen molar-refractivity contribution in [2.75, 3.05) is 13.6 Å². The normalized spacial score (nSPS) is 20.2. The predicted octanol–water partition coefficient (Wildman–Crippen LogP) is 0.969. The van der Waals surface area contributed by atoms with Gasteiger partial charge in [0.2, 0.25) is 0 Å². The van der Waals surface area contributed by atoms with Crippen LogP contribution in [0, 0.1) is 0 Å². The first-order valence-electron chi connectivity index (χ1n) is 9.67. The van der Waals surface area contributed by atoms with Gasteiger partial charge in [0.05, 0.1) is 6.04 Å². The number of amides is 4. The van der Waals surface area contributed by atoms with Crippen molar-refractivity contribution in [2.45, 2.75) is 51.3 Å². The summed E-state index contributed by atoms with van der Waals surface area (Å²) in [5.74, 6) is -0.626. The molecule has 0 aromatic carbocycles. The molecule has 178 valence electrons. The number of hydrogen-bond acceptors (Lipinski definition) is 8. The van der Waals surface area contributed by atoms with Gasteiger partial charge in [-0.05, 0) is 45.7 Å². The van der Waals surface area contributed by atoms with Crippen LogP contribution in [0.15, 0.2) is 30.6 Å². The number of urea groups is 1. The molecule has 0 saturated carbocycles. The molecule has 2 aliphatic heterocycles. The number of carbonyl (C=O) groups excluding carboxylic acids is 3. The van der Waals surface area contributed by atoms with Crippen LogP contribution in [0.4, 0.5) is 9.59 Å². The van der Waals surface area contributed by atoms with Crippen molar-refractivity contribution in [1.29, 1.82) is 0 Å². The molecule has 32 heavy (non-hydrogen) atoms. The summed E-state index contributed by atoms with van der Waals surface area (Å²) in [6, 6.07) is 3.34. The highest BCUT2D eigenvalue weighted by molar-refractivity contribution is 7.80. The Labute approximate surface area is 186 Å². The Hall–Kier alpha value is -2.97. The predicted molar refractivity (Wildman–Crippen MR) is 110 cm³/mol. The maximum absolute atomic E-state index is 12.4. The minimum Gasteiger partial charge on any atom is -0.442 e. The van der Waals surface area contributed by atoms with Gasteiger partial charge < -0.3 is 9.64 Å². The summed E-state index contributed by atoms with van der Waals surface area (Å²) in [4.78, 5) is 41.5. The highest BCUT2D eigenvalue weighted by Crippen LogP contribution is 2.30. The molecule has 3 rings (SSSR count). The van der Waals surface area contributed by atoms with E-state index in [0.29, 0.717) is 5.06 Å². The summed E-state index contributed by atoms with van der Waals surface area (Å²) in [7, 11) is -3.55. The van der Waals surface area contributed by atoms with Gasteiger partial charge in [0.1, 0.15) is 11.6 Å². The molecule has 4 amide bonds. The van der Waals surface area contributed by atoms with Crippen LogP contribution in [0.2, 0.25) is 0 Å². The van der Waals surface area contributed by atoms with Gasteiger partial charge in [0, 0.05) is 26.0 Å². The minimum absolute atomic E-state index is 0.0581. The van der Waals surface area contributed by atoms with Crippen LogP contribution in [-0.2, 0) is 24.2 Å². The molecule has 2 unspecified atom stereocenters. The van der Waals surface area contributed by atoms with Crippen molar-refractivity contribution in [3.05, 3.63) is 30.6 Å². The van der Waals surface area contributed by atoms with Gasteiger partial charge in [0.15, 0.2) is 0 Å². The molecule has 2 fully saturated rings.